The van der Waals surface area contributed by atoms with Gasteiger partial charge in [0.1, 0.15) is 17.1 Å². The van der Waals surface area contributed by atoms with Crippen molar-refractivity contribution >= 4 is 40.1 Å². The highest BCUT2D eigenvalue weighted by molar-refractivity contribution is 8.15. The number of hydrogen-bond donors (Lipinski definition) is 1. The van der Waals surface area contributed by atoms with Gasteiger partial charge in [0.2, 0.25) is 5.91 Å². The Bertz CT molecular complexity index is 1190. The van der Waals surface area contributed by atoms with Crippen molar-refractivity contribution in [2.24, 2.45) is 10.1 Å². The number of thioether (sulfide) groups is 1. The molecule has 1 atom stereocenters. The van der Waals surface area contributed by atoms with Crippen molar-refractivity contribution in [2.45, 2.75) is 18.6 Å². The number of carbonyl (C=O) groups excluding carboxylic acids is 2. The molecule has 0 aromatic heterocycles. The van der Waals surface area contributed by atoms with Gasteiger partial charge >= 0.3 is 0 Å². The summed E-state index contributed by atoms with van der Waals surface area (Å²) in [5.74, 6) is 0.939. The highest BCUT2D eigenvalue weighted by Crippen LogP contribution is 2.32. The maximum atomic E-state index is 13.0. The zero-order chi connectivity index (χ0) is 25.4. The van der Waals surface area contributed by atoms with E-state index in [2.05, 4.69) is 15.4 Å². The topological polar surface area (TPSA) is 126 Å². The molecule has 2 aromatic rings. The molecule has 0 saturated carbocycles. The van der Waals surface area contributed by atoms with Crippen LogP contribution in [-0.4, -0.2) is 60.8 Å². The largest absolute Gasteiger partial charge is 0.493 e. The van der Waals surface area contributed by atoms with Crippen LogP contribution in [0, 0.1) is 11.3 Å². The molecule has 0 radical (unpaired) electrons. The van der Waals surface area contributed by atoms with E-state index in [9.17, 15) is 9.59 Å². The van der Waals surface area contributed by atoms with E-state index in [1.165, 1.54) is 31.0 Å². The number of nitrogens with zero attached hydrogens (tertiary/aromatic N) is 4. The molecule has 11 heteroatoms. The number of methoxy groups -OCH3 is 2. The van der Waals surface area contributed by atoms with Crippen LogP contribution in [0.1, 0.15) is 18.9 Å². The smallest absolute Gasteiger partial charge is 0.263 e. The Morgan fingerprint density at radius 2 is 1.89 bits per heavy atom. The lowest BCUT2D eigenvalue weighted by atomic mass is 10.1. The number of amidine groups is 1. The van der Waals surface area contributed by atoms with Crippen molar-refractivity contribution in [3.05, 3.63) is 48.0 Å². The summed E-state index contributed by atoms with van der Waals surface area (Å²) in [6, 6.07) is 14.0. The Balaban J connectivity index is 1.68. The second-order valence-corrected chi connectivity index (χ2v) is 8.41. The predicted molar refractivity (Wildman–Crippen MR) is 134 cm³/mol. The van der Waals surface area contributed by atoms with Crippen LogP contribution >= 0.6 is 11.8 Å². The zero-order valence-corrected chi connectivity index (χ0v) is 20.6. The molecular weight excluding hydrogens is 470 g/mol. The van der Waals surface area contributed by atoms with E-state index in [0.29, 0.717) is 33.8 Å². The number of ether oxygens (including phenoxy) is 3. The van der Waals surface area contributed by atoms with Gasteiger partial charge in [-0.2, -0.15) is 15.4 Å². The van der Waals surface area contributed by atoms with Crippen LogP contribution in [0.3, 0.4) is 0 Å². The van der Waals surface area contributed by atoms with Gasteiger partial charge in [-0.1, -0.05) is 11.8 Å². The Labute approximate surface area is 207 Å². The number of nitrogens with one attached hydrogen (secondary N) is 1. The molecule has 0 spiro atoms. The van der Waals surface area contributed by atoms with Crippen LogP contribution in [0.4, 0.5) is 5.69 Å². The molecule has 0 aliphatic carbocycles. The maximum absolute atomic E-state index is 13.0. The van der Waals surface area contributed by atoms with Crippen molar-refractivity contribution in [1.29, 1.82) is 5.26 Å². The number of anilines is 1. The number of carbonyl (C=O) groups is 2. The summed E-state index contributed by atoms with van der Waals surface area (Å²) in [5, 5.41) is 16.8. The molecule has 2 aromatic carbocycles. The van der Waals surface area contributed by atoms with Crippen LogP contribution in [0.5, 0.6) is 17.2 Å². The first kappa shape index (κ1) is 25.6. The zero-order valence-electron chi connectivity index (χ0n) is 19.8. The van der Waals surface area contributed by atoms with E-state index >= 15 is 0 Å². The molecule has 182 valence electrons. The number of hydrogen-bond acceptors (Lipinski definition) is 9. The monoisotopic (exact) mass is 495 g/mol. The summed E-state index contributed by atoms with van der Waals surface area (Å²) < 4.78 is 15.7. The molecule has 0 bridgehead atoms. The third-order valence-electron chi connectivity index (χ3n) is 4.97. The summed E-state index contributed by atoms with van der Waals surface area (Å²) in [7, 11) is 4.61. The second kappa shape index (κ2) is 11.9. The van der Waals surface area contributed by atoms with Gasteiger partial charge in [0.15, 0.2) is 23.3 Å². The van der Waals surface area contributed by atoms with Crippen LogP contribution in [0.25, 0.3) is 0 Å². The summed E-state index contributed by atoms with van der Waals surface area (Å²) >= 11 is 1.19. The normalized spacial score (nSPS) is 16.7. The molecule has 1 unspecified atom stereocenters. The third-order valence-corrected chi connectivity index (χ3v) is 6.19. The predicted octanol–water partition coefficient (Wildman–Crippen LogP) is 3.29. The number of benzene rings is 2. The van der Waals surface area contributed by atoms with E-state index in [0.717, 1.165) is 5.56 Å². The Kier molecular flexibility index (Phi) is 8.69. The van der Waals surface area contributed by atoms with Gasteiger partial charge < -0.3 is 19.5 Å². The van der Waals surface area contributed by atoms with E-state index in [-0.39, 0.29) is 24.8 Å². The molecule has 2 amide bonds. The first-order valence-electron chi connectivity index (χ1n) is 10.5. The lowest BCUT2D eigenvalue weighted by Gasteiger charge is -2.12. The fourth-order valence-electron chi connectivity index (χ4n) is 3.24. The fourth-order valence-corrected chi connectivity index (χ4v) is 4.26. The number of hydrazone groups is 1. The molecule has 10 nitrogen and oxygen atoms in total. The molecule has 1 N–H and O–H groups in total. The molecule has 1 fully saturated rings. The van der Waals surface area contributed by atoms with E-state index in [1.54, 1.807) is 56.4 Å². The maximum Gasteiger partial charge on any atom is 0.263 e. The first-order chi connectivity index (χ1) is 16.9. The molecule has 1 heterocycles. The summed E-state index contributed by atoms with van der Waals surface area (Å²) in [6.07, 6.45) is -0.0487. The van der Waals surface area contributed by atoms with Crippen molar-refractivity contribution < 1.29 is 23.8 Å². The van der Waals surface area contributed by atoms with Crippen LogP contribution in [-0.2, 0) is 9.59 Å². The van der Waals surface area contributed by atoms with Gasteiger partial charge in [0, 0.05) is 25.2 Å². The minimum absolute atomic E-state index is 0.0385. The average Bonchev–Trinajstić information content (AvgIpc) is 3.16. The van der Waals surface area contributed by atoms with E-state index < -0.39 is 5.25 Å². The highest BCUT2D eigenvalue weighted by Gasteiger charge is 2.39. The van der Waals surface area contributed by atoms with Crippen LogP contribution < -0.4 is 19.5 Å². The minimum Gasteiger partial charge on any atom is -0.493 e. The quantitative estimate of drug-likeness (QED) is 0.529. The highest BCUT2D eigenvalue weighted by atomic mass is 32.2. The standard InChI is InChI=1S/C24H25N5O5S/c1-15(16-5-8-18(9-6-16)34-12-11-25)28-29-23(31)21(35-24(29)26-2)14-22(30)27-17-7-10-19(32-3)20(13-17)33-4/h5-10,13,21H,12,14H2,1-4H3,(H,27,30). The number of amides is 2. The number of rotatable bonds is 9. The van der Waals surface area contributed by atoms with Crippen molar-refractivity contribution in [2.75, 3.05) is 33.2 Å². The van der Waals surface area contributed by atoms with Crippen LogP contribution in [0.15, 0.2) is 52.6 Å². The minimum atomic E-state index is -0.660. The Hall–Kier alpha value is -4.04. The third kappa shape index (κ3) is 6.30. The average molecular weight is 496 g/mol. The molecule has 1 saturated heterocycles. The Morgan fingerprint density at radius 3 is 2.51 bits per heavy atom. The van der Waals surface area contributed by atoms with Gasteiger partial charge in [-0.05, 0) is 48.9 Å². The summed E-state index contributed by atoms with van der Waals surface area (Å²) in [4.78, 5) is 29.8. The van der Waals surface area contributed by atoms with Crippen molar-refractivity contribution in [1.82, 2.24) is 5.01 Å². The van der Waals surface area contributed by atoms with E-state index in [1.807, 2.05) is 6.07 Å². The van der Waals surface area contributed by atoms with Gasteiger partial charge in [-0.3, -0.25) is 14.6 Å². The summed E-state index contributed by atoms with van der Waals surface area (Å²) in [6.45, 7) is 1.73. The lowest BCUT2D eigenvalue weighted by Crippen LogP contribution is -2.30. The molecule has 1 aliphatic rings. The molecule has 3 rings (SSSR count). The molecular formula is C24H25N5O5S. The van der Waals surface area contributed by atoms with E-state index in [4.69, 9.17) is 19.5 Å². The van der Waals surface area contributed by atoms with Gasteiger partial charge in [-0.25, -0.2) is 0 Å². The fraction of sp³-hybridized carbons (Fsp3) is 0.292. The molecule has 35 heavy (non-hydrogen) atoms. The van der Waals surface area contributed by atoms with Gasteiger partial charge in [0.25, 0.3) is 5.91 Å². The first-order valence-corrected chi connectivity index (χ1v) is 11.4. The SMILES string of the molecule is CN=C1SC(CC(=O)Nc2ccc(OC)c(OC)c2)C(=O)N1N=C(C)c1ccc(OCC#N)cc1. The lowest BCUT2D eigenvalue weighted by molar-refractivity contribution is -0.128. The van der Waals surface area contributed by atoms with Crippen LogP contribution in [0.2, 0.25) is 0 Å². The Morgan fingerprint density at radius 1 is 1.17 bits per heavy atom. The van der Waals surface area contributed by atoms with Gasteiger partial charge in [-0.15, -0.1) is 0 Å². The second-order valence-electron chi connectivity index (χ2n) is 7.24. The molecule has 1 aliphatic heterocycles. The number of nitriles is 1. The number of aliphatic imine (C=N–C) groups is 1. The summed E-state index contributed by atoms with van der Waals surface area (Å²) in [5.41, 5.74) is 1.89. The van der Waals surface area contributed by atoms with Crippen molar-refractivity contribution in [3.63, 3.8) is 0 Å². The van der Waals surface area contributed by atoms with Gasteiger partial charge in [0.05, 0.1) is 19.9 Å². The van der Waals surface area contributed by atoms with Crippen molar-refractivity contribution in [3.8, 4) is 23.3 Å².